The number of alkyl halides is 1. The average Bonchev–Trinajstić information content (AvgIpc) is 2.91. The molecule has 1 aromatic carbocycles. The first-order chi connectivity index (χ1) is 13.6. The van der Waals surface area contributed by atoms with Crippen molar-refractivity contribution in [3.05, 3.63) is 63.7 Å². The van der Waals surface area contributed by atoms with Gasteiger partial charge in [0.1, 0.15) is 12.4 Å². The van der Waals surface area contributed by atoms with Crippen LogP contribution in [0.4, 0.5) is 4.39 Å². The van der Waals surface area contributed by atoms with Gasteiger partial charge in [-0.3, -0.25) is 9.29 Å². The molecule has 1 aliphatic carbocycles. The number of hydrogen-bond acceptors (Lipinski definition) is 2. The second-order valence-electron chi connectivity index (χ2n) is 6.66. The van der Waals surface area contributed by atoms with Crippen LogP contribution in [0, 0.1) is 0 Å². The molecule has 156 valence electrons. The second kappa shape index (κ2) is 14.6. The first-order valence-corrected chi connectivity index (χ1v) is 11.1. The van der Waals surface area contributed by atoms with Crippen molar-refractivity contribution in [2.24, 2.45) is 0 Å². The van der Waals surface area contributed by atoms with Crippen molar-refractivity contribution in [2.45, 2.75) is 53.5 Å². The lowest BCUT2D eigenvalue weighted by molar-refractivity contribution is 0.246. The largest absolute Gasteiger partial charge is 0.489 e. The smallest absolute Gasteiger partial charge is 0.124 e. The van der Waals surface area contributed by atoms with Crippen molar-refractivity contribution in [2.75, 3.05) is 26.4 Å². The molecule has 0 N–H and O–H groups in total. The number of ether oxygens (including phenoxy) is 1. The fourth-order valence-corrected chi connectivity index (χ4v) is 3.37. The molecule has 0 saturated carbocycles. The summed E-state index contributed by atoms with van der Waals surface area (Å²) in [5.41, 5.74) is 3.61. The van der Waals surface area contributed by atoms with Crippen LogP contribution in [0.15, 0.2) is 58.1 Å². The zero-order valence-corrected chi connectivity index (χ0v) is 19.4. The maximum atomic E-state index is 12.6. The first kappa shape index (κ1) is 24.6. The summed E-state index contributed by atoms with van der Waals surface area (Å²) in [4.78, 5) is 2.30. The molecular weight excluding hydrogens is 417 g/mol. The standard InChI is InChI=1S/C22H29BrFNO.C2H6/c1-3-13-25(14-5-12-24)16-20-15-21(23)10-11-22(20)26-17-19-7-4-6-18(2)8-9-19;1-2/h6-11,15H,3-5,12-14,16-17H2,1-2H3;1-2H3. The summed E-state index contributed by atoms with van der Waals surface area (Å²) in [7, 11) is 0. The highest BCUT2D eigenvalue weighted by atomic mass is 79.9. The van der Waals surface area contributed by atoms with E-state index in [-0.39, 0.29) is 6.67 Å². The van der Waals surface area contributed by atoms with Gasteiger partial charge in [-0.2, -0.15) is 0 Å². The maximum absolute atomic E-state index is 12.6. The normalized spacial score (nSPS) is 13.4. The molecule has 28 heavy (non-hydrogen) atoms. The van der Waals surface area contributed by atoms with E-state index < -0.39 is 0 Å². The third-order valence-electron chi connectivity index (χ3n) is 4.34. The van der Waals surface area contributed by atoms with E-state index in [4.69, 9.17) is 4.74 Å². The zero-order valence-electron chi connectivity index (χ0n) is 17.8. The lowest BCUT2D eigenvalue weighted by Crippen LogP contribution is -2.26. The molecule has 0 aliphatic heterocycles. The topological polar surface area (TPSA) is 12.5 Å². The van der Waals surface area contributed by atoms with Gasteiger partial charge in [0, 0.05) is 23.1 Å². The van der Waals surface area contributed by atoms with Crippen molar-refractivity contribution in [1.82, 2.24) is 4.90 Å². The Morgan fingerprint density at radius 1 is 1.14 bits per heavy atom. The Morgan fingerprint density at radius 3 is 2.64 bits per heavy atom. The maximum Gasteiger partial charge on any atom is 0.124 e. The van der Waals surface area contributed by atoms with Crippen LogP contribution in [-0.2, 0) is 6.54 Å². The van der Waals surface area contributed by atoms with Gasteiger partial charge in [-0.1, -0.05) is 66.6 Å². The van der Waals surface area contributed by atoms with Crippen molar-refractivity contribution in [3.8, 4) is 5.75 Å². The fraction of sp³-hybridized carbons (Fsp3) is 0.500. The molecule has 0 fully saturated rings. The van der Waals surface area contributed by atoms with E-state index in [1.54, 1.807) is 0 Å². The Bertz CT molecular complexity index is 667. The van der Waals surface area contributed by atoms with Gasteiger partial charge < -0.3 is 4.74 Å². The van der Waals surface area contributed by atoms with Gasteiger partial charge in [-0.25, -0.2) is 0 Å². The van der Waals surface area contributed by atoms with E-state index in [0.717, 1.165) is 48.3 Å². The second-order valence-corrected chi connectivity index (χ2v) is 7.57. The number of rotatable bonds is 10. The Morgan fingerprint density at radius 2 is 1.93 bits per heavy atom. The van der Waals surface area contributed by atoms with E-state index in [1.165, 1.54) is 11.1 Å². The van der Waals surface area contributed by atoms with Gasteiger partial charge >= 0.3 is 0 Å². The van der Waals surface area contributed by atoms with Crippen LogP contribution >= 0.6 is 15.9 Å². The van der Waals surface area contributed by atoms with Gasteiger partial charge in [-0.15, -0.1) is 0 Å². The van der Waals surface area contributed by atoms with Crippen LogP contribution in [0.25, 0.3) is 0 Å². The molecule has 0 amide bonds. The third-order valence-corrected chi connectivity index (χ3v) is 4.83. The zero-order chi connectivity index (χ0) is 20.8. The molecule has 1 aliphatic rings. The van der Waals surface area contributed by atoms with Crippen molar-refractivity contribution in [1.29, 1.82) is 0 Å². The van der Waals surface area contributed by atoms with Crippen LogP contribution in [-0.4, -0.2) is 31.3 Å². The Hall–Kier alpha value is -1.39. The average molecular weight is 452 g/mol. The molecule has 0 atom stereocenters. The summed E-state index contributed by atoms with van der Waals surface area (Å²) in [5, 5.41) is 0. The van der Waals surface area contributed by atoms with Gasteiger partial charge in [0.05, 0.1) is 6.67 Å². The lowest BCUT2D eigenvalue weighted by atomic mass is 10.1. The van der Waals surface area contributed by atoms with Gasteiger partial charge in [0.15, 0.2) is 0 Å². The van der Waals surface area contributed by atoms with E-state index in [2.05, 4.69) is 65.0 Å². The summed E-state index contributed by atoms with van der Waals surface area (Å²) in [6.45, 7) is 11.1. The SMILES string of the molecule is CC.CCCN(CCCF)Cc1cc(Br)ccc1OCC1=CCC=C(C)C=C1. The Kier molecular flexibility index (Phi) is 12.8. The molecule has 1 aromatic rings. The molecular formula is C24H35BrFNO. The molecule has 0 bridgehead atoms. The van der Waals surface area contributed by atoms with E-state index in [1.807, 2.05) is 26.0 Å². The van der Waals surface area contributed by atoms with Crippen LogP contribution in [0.2, 0.25) is 0 Å². The molecule has 2 nitrogen and oxygen atoms in total. The molecule has 0 saturated heterocycles. The number of hydrogen-bond donors (Lipinski definition) is 0. The summed E-state index contributed by atoms with van der Waals surface area (Å²) < 4.78 is 19.8. The summed E-state index contributed by atoms with van der Waals surface area (Å²) in [6.07, 6.45) is 11.2. The summed E-state index contributed by atoms with van der Waals surface area (Å²) in [6, 6.07) is 6.13. The molecule has 0 radical (unpaired) electrons. The quantitative estimate of drug-likeness (QED) is 0.371. The van der Waals surface area contributed by atoms with Gasteiger partial charge in [-0.05, 0) is 56.5 Å². The van der Waals surface area contributed by atoms with Crippen molar-refractivity contribution >= 4 is 15.9 Å². The highest BCUT2D eigenvalue weighted by molar-refractivity contribution is 9.10. The third kappa shape index (κ3) is 9.20. The predicted molar refractivity (Wildman–Crippen MR) is 123 cm³/mol. The Balaban J connectivity index is 0.00000190. The monoisotopic (exact) mass is 451 g/mol. The minimum absolute atomic E-state index is 0.268. The predicted octanol–water partition coefficient (Wildman–Crippen LogP) is 7.26. The van der Waals surface area contributed by atoms with Crippen LogP contribution in [0.3, 0.4) is 0 Å². The lowest BCUT2D eigenvalue weighted by Gasteiger charge is -2.23. The molecule has 0 aromatic heterocycles. The van der Waals surface area contributed by atoms with Gasteiger partial charge in [0.2, 0.25) is 0 Å². The van der Waals surface area contributed by atoms with E-state index in [9.17, 15) is 4.39 Å². The highest BCUT2D eigenvalue weighted by Gasteiger charge is 2.11. The van der Waals surface area contributed by atoms with Crippen LogP contribution < -0.4 is 4.74 Å². The number of allylic oxidation sites excluding steroid dienone is 4. The highest BCUT2D eigenvalue weighted by Crippen LogP contribution is 2.26. The summed E-state index contributed by atoms with van der Waals surface area (Å²) in [5.74, 6) is 0.901. The first-order valence-electron chi connectivity index (χ1n) is 10.4. The minimum Gasteiger partial charge on any atom is -0.489 e. The molecule has 0 heterocycles. The van der Waals surface area contributed by atoms with Gasteiger partial charge in [0.25, 0.3) is 0 Å². The number of halogens is 2. The molecule has 2 rings (SSSR count). The van der Waals surface area contributed by atoms with E-state index in [0.29, 0.717) is 13.0 Å². The van der Waals surface area contributed by atoms with Crippen molar-refractivity contribution in [3.63, 3.8) is 0 Å². The minimum atomic E-state index is -0.268. The number of benzene rings is 1. The Labute approximate surface area is 179 Å². The molecule has 4 heteroatoms. The van der Waals surface area contributed by atoms with Crippen LogP contribution in [0.5, 0.6) is 5.75 Å². The molecule has 0 unspecified atom stereocenters. The number of nitrogens with zero attached hydrogens (tertiary/aromatic N) is 1. The van der Waals surface area contributed by atoms with Crippen LogP contribution in [0.1, 0.15) is 52.5 Å². The fourth-order valence-electron chi connectivity index (χ4n) is 2.96. The summed E-state index contributed by atoms with van der Waals surface area (Å²) >= 11 is 3.56. The molecule has 0 spiro atoms. The van der Waals surface area contributed by atoms with Crippen molar-refractivity contribution < 1.29 is 9.13 Å². The van der Waals surface area contributed by atoms with E-state index >= 15 is 0 Å².